The van der Waals surface area contributed by atoms with Crippen molar-refractivity contribution in [2.75, 3.05) is 13.1 Å². The topological polar surface area (TPSA) is 74.7 Å². The number of rotatable bonds is 4. The molecule has 3 rings (SSSR count). The highest BCUT2D eigenvalue weighted by Gasteiger charge is 2.32. The van der Waals surface area contributed by atoms with Gasteiger partial charge in [0.1, 0.15) is 0 Å². The summed E-state index contributed by atoms with van der Waals surface area (Å²) >= 11 is 0. The highest BCUT2D eigenvalue weighted by Crippen LogP contribution is 2.23. The van der Waals surface area contributed by atoms with Crippen LogP contribution in [0.4, 0.5) is 0 Å². The molecule has 1 unspecified atom stereocenters. The van der Waals surface area contributed by atoms with Gasteiger partial charge in [-0.3, -0.25) is 14.4 Å². The summed E-state index contributed by atoms with van der Waals surface area (Å²) in [6, 6.07) is 12.4. The van der Waals surface area contributed by atoms with Gasteiger partial charge in [0.2, 0.25) is 0 Å². The molecular weight excluding hydrogens is 330 g/mol. The molecule has 26 heavy (non-hydrogen) atoms. The second kappa shape index (κ2) is 7.12. The molecule has 1 fully saturated rings. The summed E-state index contributed by atoms with van der Waals surface area (Å²) in [5, 5.41) is 9.14. The molecule has 1 atom stereocenters. The standard InChI is InChI=1S/C21H21NO4/c1-13-7-8-14(2)18(11-13)19(23)16-5-3-4-6-17(16)20(24)22-10-9-15(12-22)21(25)26/h3-8,11,15H,9-10,12H2,1-2H3,(H,25,26). The number of carboxylic acid groups (broad SMARTS) is 1. The largest absolute Gasteiger partial charge is 0.481 e. The van der Waals surface area contributed by atoms with Crippen molar-refractivity contribution in [3.63, 3.8) is 0 Å². The molecular formula is C21H21NO4. The highest BCUT2D eigenvalue weighted by molar-refractivity contribution is 6.16. The minimum absolute atomic E-state index is 0.181. The number of carbonyl (C=O) groups excluding carboxylic acids is 2. The highest BCUT2D eigenvalue weighted by atomic mass is 16.4. The molecule has 5 heteroatoms. The van der Waals surface area contributed by atoms with E-state index in [1.807, 2.05) is 32.0 Å². The second-order valence-electron chi connectivity index (χ2n) is 6.77. The van der Waals surface area contributed by atoms with Gasteiger partial charge in [-0.15, -0.1) is 0 Å². The van der Waals surface area contributed by atoms with Crippen LogP contribution in [0, 0.1) is 19.8 Å². The van der Waals surface area contributed by atoms with Crippen LogP contribution in [0.3, 0.4) is 0 Å². The zero-order valence-corrected chi connectivity index (χ0v) is 14.9. The first-order valence-electron chi connectivity index (χ1n) is 8.61. The van der Waals surface area contributed by atoms with Crippen LogP contribution in [-0.4, -0.2) is 40.8 Å². The lowest BCUT2D eigenvalue weighted by molar-refractivity contribution is -0.141. The van der Waals surface area contributed by atoms with Gasteiger partial charge in [0.05, 0.1) is 11.5 Å². The fourth-order valence-corrected chi connectivity index (χ4v) is 3.31. The van der Waals surface area contributed by atoms with E-state index in [0.29, 0.717) is 29.7 Å². The van der Waals surface area contributed by atoms with E-state index in [1.165, 1.54) is 4.90 Å². The monoisotopic (exact) mass is 351 g/mol. The van der Waals surface area contributed by atoms with Gasteiger partial charge in [-0.25, -0.2) is 0 Å². The molecule has 5 nitrogen and oxygen atoms in total. The van der Waals surface area contributed by atoms with E-state index in [-0.39, 0.29) is 18.2 Å². The third-order valence-corrected chi connectivity index (χ3v) is 4.86. The predicted molar refractivity (Wildman–Crippen MR) is 97.4 cm³/mol. The number of carbonyl (C=O) groups is 3. The van der Waals surface area contributed by atoms with E-state index < -0.39 is 11.9 Å². The van der Waals surface area contributed by atoms with Crippen LogP contribution in [0.15, 0.2) is 42.5 Å². The summed E-state index contributed by atoms with van der Waals surface area (Å²) in [6.07, 6.45) is 0.439. The van der Waals surface area contributed by atoms with Crippen molar-refractivity contribution in [3.8, 4) is 0 Å². The first kappa shape index (κ1) is 17.9. The van der Waals surface area contributed by atoms with Gasteiger partial charge in [-0.05, 0) is 38.0 Å². The van der Waals surface area contributed by atoms with Gasteiger partial charge in [0.15, 0.2) is 5.78 Å². The third-order valence-electron chi connectivity index (χ3n) is 4.86. The Hall–Kier alpha value is -2.95. The molecule has 1 N–H and O–H groups in total. The minimum atomic E-state index is -0.889. The van der Waals surface area contributed by atoms with Gasteiger partial charge >= 0.3 is 5.97 Å². The molecule has 2 aromatic carbocycles. The molecule has 0 spiro atoms. The van der Waals surface area contributed by atoms with Crippen molar-refractivity contribution in [2.24, 2.45) is 5.92 Å². The van der Waals surface area contributed by atoms with Crippen molar-refractivity contribution in [1.82, 2.24) is 4.90 Å². The summed E-state index contributed by atoms with van der Waals surface area (Å²) in [5.41, 5.74) is 3.09. The van der Waals surface area contributed by atoms with E-state index in [4.69, 9.17) is 5.11 Å². The van der Waals surface area contributed by atoms with Gasteiger partial charge in [0, 0.05) is 24.2 Å². The maximum atomic E-state index is 13.1. The molecule has 1 amide bonds. The number of aliphatic carboxylic acids is 1. The van der Waals surface area contributed by atoms with Crippen molar-refractivity contribution >= 4 is 17.7 Å². The minimum Gasteiger partial charge on any atom is -0.481 e. The zero-order valence-electron chi connectivity index (χ0n) is 14.9. The van der Waals surface area contributed by atoms with Crippen LogP contribution in [0.5, 0.6) is 0 Å². The summed E-state index contributed by atoms with van der Waals surface area (Å²) < 4.78 is 0. The number of nitrogens with zero attached hydrogens (tertiary/aromatic N) is 1. The fraction of sp³-hybridized carbons (Fsp3) is 0.286. The molecule has 2 aromatic rings. The summed E-state index contributed by atoms with van der Waals surface area (Å²) in [4.78, 5) is 38.6. The molecule has 1 heterocycles. The van der Waals surface area contributed by atoms with E-state index >= 15 is 0 Å². The van der Waals surface area contributed by atoms with Gasteiger partial charge in [-0.1, -0.05) is 35.9 Å². The molecule has 0 radical (unpaired) electrons. The molecule has 1 saturated heterocycles. The smallest absolute Gasteiger partial charge is 0.308 e. The molecule has 0 aromatic heterocycles. The number of likely N-dealkylation sites (tertiary alicyclic amines) is 1. The average molecular weight is 351 g/mol. The first-order valence-corrected chi connectivity index (χ1v) is 8.61. The van der Waals surface area contributed by atoms with Gasteiger partial charge < -0.3 is 10.0 Å². The normalized spacial score (nSPS) is 16.5. The summed E-state index contributed by atoms with van der Waals surface area (Å²) in [5.74, 6) is -1.91. The average Bonchev–Trinajstić information content (AvgIpc) is 3.13. The van der Waals surface area contributed by atoms with E-state index in [1.54, 1.807) is 24.3 Å². The van der Waals surface area contributed by atoms with Crippen LogP contribution in [-0.2, 0) is 4.79 Å². The number of ketones is 1. The van der Waals surface area contributed by atoms with Gasteiger partial charge in [-0.2, -0.15) is 0 Å². The zero-order chi connectivity index (χ0) is 18.8. The lowest BCUT2D eigenvalue weighted by Crippen LogP contribution is -2.31. The number of benzene rings is 2. The molecule has 0 aliphatic carbocycles. The Morgan fingerprint density at radius 3 is 2.35 bits per heavy atom. The lowest BCUT2D eigenvalue weighted by atomic mass is 9.94. The Balaban J connectivity index is 1.94. The molecule has 1 aliphatic heterocycles. The fourth-order valence-electron chi connectivity index (χ4n) is 3.31. The molecule has 134 valence electrons. The Labute approximate surface area is 152 Å². The van der Waals surface area contributed by atoms with Crippen LogP contribution < -0.4 is 0 Å². The van der Waals surface area contributed by atoms with Crippen LogP contribution >= 0.6 is 0 Å². The van der Waals surface area contributed by atoms with E-state index in [2.05, 4.69) is 0 Å². The van der Waals surface area contributed by atoms with E-state index in [9.17, 15) is 14.4 Å². The lowest BCUT2D eigenvalue weighted by Gasteiger charge is -2.18. The van der Waals surface area contributed by atoms with E-state index in [0.717, 1.165) is 11.1 Å². The summed E-state index contributed by atoms with van der Waals surface area (Å²) in [7, 11) is 0. The van der Waals surface area contributed by atoms with Crippen LogP contribution in [0.2, 0.25) is 0 Å². The van der Waals surface area contributed by atoms with Crippen molar-refractivity contribution in [3.05, 3.63) is 70.3 Å². The first-order chi connectivity index (χ1) is 12.4. The number of hydrogen-bond donors (Lipinski definition) is 1. The molecule has 0 saturated carbocycles. The van der Waals surface area contributed by atoms with Gasteiger partial charge in [0.25, 0.3) is 5.91 Å². The second-order valence-corrected chi connectivity index (χ2v) is 6.77. The van der Waals surface area contributed by atoms with Crippen molar-refractivity contribution in [1.29, 1.82) is 0 Å². The SMILES string of the molecule is Cc1ccc(C)c(C(=O)c2ccccc2C(=O)N2CCC(C(=O)O)C2)c1. The number of amides is 1. The maximum absolute atomic E-state index is 13.1. The number of carboxylic acids is 1. The van der Waals surface area contributed by atoms with Crippen molar-refractivity contribution in [2.45, 2.75) is 20.3 Å². The van der Waals surface area contributed by atoms with Crippen LogP contribution in [0.25, 0.3) is 0 Å². The Bertz CT molecular complexity index is 887. The summed E-state index contributed by atoms with van der Waals surface area (Å²) in [6.45, 7) is 4.36. The Kier molecular flexibility index (Phi) is 4.89. The Morgan fingerprint density at radius 2 is 1.69 bits per heavy atom. The Morgan fingerprint density at radius 1 is 1.00 bits per heavy atom. The molecule has 1 aliphatic rings. The quantitative estimate of drug-likeness (QED) is 0.859. The molecule has 0 bridgehead atoms. The predicted octanol–water partition coefficient (Wildman–Crippen LogP) is 3.08. The van der Waals surface area contributed by atoms with Crippen molar-refractivity contribution < 1.29 is 19.5 Å². The third kappa shape index (κ3) is 3.38. The number of aryl methyl sites for hydroxylation is 2. The van der Waals surface area contributed by atoms with Crippen LogP contribution in [0.1, 0.15) is 43.8 Å². The number of hydrogen-bond acceptors (Lipinski definition) is 3. The maximum Gasteiger partial charge on any atom is 0.308 e.